The molecule has 0 saturated carbocycles. The van der Waals surface area contributed by atoms with Gasteiger partial charge in [-0.3, -0.25) is 9.59 Å². The molecule has 0 unspecified atom stereocenters. The summed E-state index contributed by atoms with van der Waals surface area (Å²) in [6, 6.07) is 18.3. The molecule has 6 N–H and O–H groups in total. The van der Waals surface area contributed by atoms with E-state index in [-0.39, 0.29) is 39.2 Å². The zero-order valence-electron chi connectivity index (χ0n) is 21.3. The van der Waals surface area contributed by atoms with Crippen LogP contribution in [0.3, 0.4) is 0 Å². The minimum absolute atomic E-state index is 0.000909. The van der Waals surface area contributed by atoms with Crippen LogP contribution in [-0.2, 0) is 0 Å². The van der Waals surface area contributed by atoms with Gasteiger partial charge in [-0.05, 0) is 83.9 Å². The molecule has 0 heterocycles. The number of carboxylic acids is 4. The Balaban J connectivity index is 1.74. The van der Waals surface area contributed by atoms with Crippen molar-refractivity contribution < 1.29 is 49.2 Å². The summed E-state index contributed by atoms with van der Waals surface area (Å²) in [5, 5.41) is 42.2. The molecule has 0 spiro atoms. The molecular formula is C30H20N2O10. The average molecular weight is 568 g/mol. The van der Waals surface area contributed by atoms with Crippen LogP contribution < -0.4 is 10.6 Å². The minimum atomic E-state index is -1.47. The Morgan fingerprint density at radius 1 is 0.405 bits per heavy atom. The van der Waals surface area contributed by atoms with Gasteiger partial charge in [0, 0.05) is 11.4 Å². The predicted molar refractivity (Wildman–Crippen MR) is 149 cm³/mol. The van der Waals surface area contributed by atoms with Crippen LogP contribution in [0.1, 0.15) is 62.1 Å². The van der Waals surface area contributed by atoms with Crippen molar-refractivity contribution in [1.82, 2.24) is 0 Å². The first-order valence-electron chi connectivity index (χ1n) is 12.0. The van der Waals surface area contributed by atoms with Crippen LogP contribution in [0.25, 0.3) is 11.1 Å². The second kappa shape index (κ2) is 11.8. The second-order valence-electron chi connectivity index (χ2n) is 8.80. The summed E-state index contributed by atoms with van der Waals surface area (Å²) in [5.74, 6) is -6.69. The third-order valence-electron chi connectivity index (χ3n) is 6.10. The van der Waals surface area contributed by atoms with Gasteiger partial charge in [0.25, 0.3) is 11.8 Å². The molecule has 0 aliphatic heterocycles. The Labute approximate surface area is 236 Å². The van der Waals surface area contributed by atoms with E-state index in [0.29, 0.717) is 5.56 Å². The molecule has 0 saturated heterocycles. The van der Waals surface area contributed by atoms with Gasteiger partial charge in [0.15, 0.2) is 0 Å². The molecule has 12 heteroatoms. The van der Waals surface area contributed by atoms with Gasteiger partial charge < -0.3 is 31.1 Å². The lowest BCUT2D eigenvalue weighted by atomic mass is 9.95. The predicted octanol–water partition coefficient (Wildman–Crippen LogP) is 4.65. The van der Waals surface area contributed by atoms with E-state index < -0.39 is 46.8 Å². The standard InChI is InChI=1S/C30H20N2O10/c33-25(31-19-7-1-15(2-8-19)27(35)36)21-11-5-17(18-6-12-22(29(39)40)24(14-18)30(41)42)13-23(21)26(34)32-20-9-3-16(4-10-20)28(37)38/h1-14H,(H,31,33)(H,32,34)(H,35,36)(H,37,38)(H,39,40)(H,41,42). The first-order valence-corrected chi connectivity index (χ1v) is 12.0. The molecule has 4 rings (SSSR count). The molecular weight excluding hydrogens is 548 g/mol. The number of nitrogens with one attached hydrogen (secondary N) is 2. The van der Waals surface area contributed by atoms with Gasteiger partial charge in [-0.1, -0.05) is 12.1 Å². The maximum atomic E-state index is 13.4. The van der Waals surface area contributed by atoms with Gasteiger partial charge in [-0.15, -0.1) is 0 Å². The number of hydrogen-bond donors (Lipinski definition) is 6. The lowest BCUT2D eigenvalue weighted by Crippen LogP contribution is -2.20. The number of hydrogen-bond acceptors (Lipinski definition) is 6. The van der Waals surface area contributed by atoms with E-state index in [0.717, 1.165) is 12.1 Å². The molecule has 42 heavy (non-hydrogen) atoms. The summed E-state index contributed by atoms with van der Waals surface area (Å²) < 4.78 is 0. The molecule has 0 radical (unpaired) electrons. The fraction of sp³-hybridized carbons (Fsp3) is 0. The van der Waals surface area contributed by atoms with Crippen LogP contribution >= 0.6 is 0 Å². The van der Waals surface area contributed by atoms with E-state index in [9.17, 15) is 39.0 Å². The molecule has 0 fully saturated rings. The molecule has 0 bridgehead atoms. The van der Waals surface area contributed by atoms with E-state index in [2.05, 4.69) is 10.6 Å². The fourth-order valence-electron chi connectivity index (χ4n) is 3.99. The SMILES string of the molecule is O=C(O)c1ccc(NC(=O)c2ccc(-c3ccc(C(=O)O)c(C(=O)O)c3)cc2C(=O)Nc2ccc(C(=O)O)cc2)cc1. The molecule has 0 atom stereocenters. The van der Waals surface area contributed by atoms with E-state index in [4.69, 9.17) is 10.2 Å². The van der Waals surface area contributed by atoms with Crippen molar-refractivity contribution in [2.45, 2.75) is 0 Å². The van der Waals surface area contributed by atoms with Crippen LogP contribution in [-0.4, -0.2) is 56.1 Å². The highest BCUT2D eigenvalue weighted by atomic mass is 16.4. The van der Waals surface area contributed by atoms with Crippen molar-refractivity contribution in [2.24, 2.45) is 0 Å². The number of amides is 2. The van der Waals surface area contributed by atoms with Crippen molar-refractivity contribution in [1.29, 1.82) is 0 Å². The Morgan fingerprint density at radius 2 is 0.786 bits per heavy atom. The summed E-state index contributed by atoms with van der Waals surface area (Å²) in [7, 11) is 0. The van der Waals surface area contributed by atoms with Crippen LogP contribution in [0.15, 0.2) is 84.9 Å². The molecule has 210 valence electrons. The van der Waals surface area contributed by atoms with Crippen LogP contribution in [0.4, 0.5) is 11.4 Å². The van der Waals surface area contributed by atoms with Gasteiger partial charge in [0.2, 0.25) is 0 Å². The smallest absolute Gasteiger partial charge is 0.336 e. The number of carboxylic acid groups (broad SMARTS) is 4. The first-order chi connectivity index (χ1) is 19.9. The number of anilines is 2. The van der Waals surface area contributed by atoms with Crippen molar-refractivity contribution in [2.75, 3.05) is 10.6 Å². The Bertz CT molecular complexity index is 1760. The van der Waals surface area contributed by atoms with Gasteiger partial charge in [-0.2, -0.15) is 0 Å². The van der Waals surface area contributed by atoms with Gasteiger partial charge in [0.05, 0.1) is 33.4 Å². The summed E-state index contributed by atoms with van der Waals surface area (Å²) in [4.78, 5) is 72.0. The topological polar surface area (TPSA) is 207 Å². The van der Waals surface area contributed by atoms with Crippen molar-refractivity contribution in [3.05, 3.63) is 118 Å². The molecule has 2 amide bonds. The van der Waals surface area contributed by atoms with Gasteiger partial charge in [0.1, 0.15) is 0 Å². The molecule has 12 nitrogen and oxygen atoms in total. The molecule has 4 aromatic carbocycles. The summed E-state index contributed by atoms with van der Waals surface area (Å²) >= 11 is 0. The Hall–Kier alpha value is -6.30. The van der Waals surface area contributed by atoms with E-state index in [1.165, 1.54) is 72.8 Å². The Kier molecular flexibility index (Phi) is 8.09. The van der Waals surface area contributed by atoms with E-state index >= 15 is 0 Å². The van der Waals surface area contributed by atoms with Gasteiger partial charge in [-0.25, -0.2) is 19.2 Å². The van der Waals surface area contributed by atoms with Gasteiger partial charge >= 0.3 is 23.9 Å². The highest BCUT2D eigenvalue weighted by Crippen LogP contribution is 2.27. The van der Waals surface area contributed by atoms with Crippen LogP contribution in [0.2, 0.25) is 0 Å². The quantitative estimate of drug-likeness (QED) is 0.165. The number of carbonyl (C=O) groups is 6. The number of carbonyl (C=O) groups excluding carboxylic acids is 2. The number of benzene rings is 4. The third kappa shape index (κ3) is 6.29. The molecule has 0 aliphatic carbocycles. The highest BCUT2D eigenvalue weighted by molar-refractivity contribution is 6.16. The van der Waals surface area contributed by atoms with Crippen LogP contribution in [0.5, 0.6) is 0 Å². The summed E-state index contributed by atoms with van der Waals surface area (Å²) in [6.45, 7) is 0. The molecule has 4 aromatic rings. The maximum absolute atomic E-state index is 13.4. The molecule has 0 aliphatic rings. The largest absolute Gasteiger partial charge is 0.478 e. The first kappa shape index (κ1) is 28.7. The normalized spacial score (nSPS) is 10.4. The number of rotatable bonds is 9. The lowest BCUT2D eigenvalue weighted by Gasteiger charge is -2.14. The zero-order valence-corrected chi connectivity index (χ0v) is 21.3. The lowest BCUT2D eigenvalue weighted by molar-refractivity contribution is 0.0651. The molecule has 0 aromatic heterocycles. The van der Waals surface area contributed by atoms with Crippen molar-refractivity contribution in [3.63, 3.8) is 0 Å². The Morgan fingerprint density at radius 3 is 1.19 bits per heavy atom. The highest BCUT2D eigenvalue weighted by Gasteiger charge is 2.21. The van der Waals surface area contributed by atoms with Crippen LogP contribution in [0, 0.1) is 0 Å². The zero-order chi connectivity index (χ0) is 30.6. The monoisotopic (exact) mass is 568 g/mol. The summed E-state index contributed by atoms with van der Waals surface area (Å²) in [6.07, 6.45) is 0. The minimum Gasteiger partial charge on any atom is -0.478 e. The third-order valence-corrected chi connectivity index (χ3v) is 6.10. The van der Waals surface area contributed by atoms with E-state index in [1.807, 2.05) is 0 Å². The van der Waals surface area contributed by atoms with E-state index in [1.54, 1.807) is 0 Å². The number of aromatic carboxylic acids is 4. The average Bonchev–Trinajstić information content (AvgIpc) is 2.97. The fourth-order valence-corrected chi connectivity index (χ4v) is 3.99. The van der Waals surface area contributed by atoms with Crippen molar-refractivity contribution >= 4 is 47.1 Å². The van der Waals surface area contributed by atoms with Crippen molar-refractivity contribution in [3.8, 4) is 11.1 Å². The summed E-state index contributed by atoms with van der Waals surface area (Å²) in [5.41, 5.74) is -0.129. The maximum Gasteiger partial charge on any atom is 0.336 e. The second-order valence-corrected chi connectivity index (χ2v) is 8.80.